The van der Waals surface area contributed by atoms with Crippen LogP contribution in [0, 0.1) is 12.7 Å². The van der Waals surface area contributed by atoms with Gasteiger partial charge in [-0.3, -0.25) is 5.10 Å². The van der Waals surface area contributed by atoms with Crippen LogP contribution in [-0.4, -0.2) is 16.7 Å². The number of H-pyrrole nitrogens is 1. The maximum Gasteiger partial charge on any atom is 0.123 e. The third-order valence-electron chi connectivity index (χ3n) is 3.14. The summed E-state index contributed by atoms with van der Waals surface area (Å²) in [6.07, 6.45) is 2.64. The number of hydrogen-bond acceptors (Lipinski definition) is 2. The molecule has 3 nitrogen and oxygen atoms in total. The molecular formula is C14H18FN3. The highest BCUT2D eigenvalue weighted by Crippen LogP contribution is 2.11. The van der Waals surface area contributed by atoms with Gasteiger partial charge in [0.15, 0.2) is 0 Å². The Labute approximate surface area is 106 Å². The second kappa shape index (κ2) is 5.78. The van der Waals surface area contributed by atoms with Crippen molar-refractivity contribution in [3.63, 3.8) is 0 Å². The van der Waals surface area contributed by atoms with Crippen molar-refractivity contribution in [1.29, 1.82) is 0 Å². The molecular weight excluding hydrogens is 229 g/mol. The lowest BCUT2D eigenvalue weighted by Gasteiger charge is -2.12. The lowest BCUT2D eigenvalue weighted by molar-refractivity contribution is 0.561. The van der Waals surface area contributed by atoms with E-state index >= 15 is 0 Å². The average Bonchev–Trinajstić information content (AvgIpc) is 2.85. The van der Waals surface area contributed by atoms with Crippen molar-refractivity contribution in [2.75, 3.05) is 6.54 Å². The minimum absolute atomic E-state index is 0.171. The standard InChI is InChI=1S/C14H18FN3/c1-10-9-13(15)4-3-12(10)5-7-16-11(2)14-6-8-17-18-14/h3-4,6,8-9,11,16H,5,7H2,1-2H3,(H,17,18). The largest absolute Gasteiger partial charge is 0.309 e. The number of benzene rings is 1. The van der Waals surface area contributed by atoms with Gasteiger partial charge < -0.3 is 5.32 Å². The normalized spacial score (nSPS) is 12.6. The highest BCUT2D eigenvalue weighted by molar-refractivity contribution is 5.26. The van der Waals surface area contributed by atoms with Gasteiger partial charge >= 0.3 is 0 Å². The molecule has 2 rings (SSSR count). The zero-order valence-corrected chi connectivity index (χ0v) is 10.7. The molecule has 0 saturated heterocycles. The van der Waals surface area contributed by atoms with E-state index in [0.29, 0.717) is 0 Å². The van der Waals surface area contributed by atoms with E-state index in [9.17, 15) is 4.39 Å². The molecule has 18 heavy (non-hydrogen) atoms. The van der Waals surface area contributed by atoms with Gasteiger partial charge in [0.2, 0.25) is 0 Å². The summed E-state index contributed by atoms with van der Waals surface area (Å²) >= 11 is 0. The Hall–Kier alpha value is -1.68. The van der Waals surface area contributed by atoms with Crippen molar-refractivity contribution in [3.05, 3.63) is 53.1 Å². The number of hydrogen-bond donors (Lipinski definition) is 2. The highest BCUT2D eigenvalue weighted by Gasteiger charge is 2.06. The van der Waals surface area contributed by atoms with Crippen molar-refractivity contribution < 1.29 is 4.39 Å². The molecule has 96 valence electrons. The Kier molecular flexibility index (Phi) is 4.10. The molecule has 0 spiro atoms. The predicted octanol–water partition coefficient (Wildman–Crippen LogP) is 2.75. The van der Waals surface area contributed by atoms with Crippen LogP contribution in [0.15, 0.2) is 30.5 Å². The Bertz CT molecular complexity index is 494. The summed E-state index contributed by atoms with van der Waals surface area (Å²) in [4.78, 5) is 0. The quantitative estimate of drug-likeness (QED) is 0.853. The van der Waals surface area contributed by atoms with Crippen molar-refractivity contribution in [1.82, 2.24) is 15.5 Å². The SMILES string of the molecule is Cc1cc(F)ccc1CCNC(C)c1ccn[nH]1. The summed E-state index contributed by atoms with van der Waals surface area (Å²) < 4.78 is 13.0. The molecule has 1 unspecified atom stereocenters. The smallest absolute Gasteiger partial charge is 0.123 e. The fourth-order valence-corrected chi connectivity index (χ4v) is 1.98. The summed E-state index contributed by atoms with van der Waals surface area (Å²) in [6.45, 7) is 4.88. The minimum atomic E-state index is -0.171. The van der Waals surface area contributed by atoms with E-state index in [2.05, 4.69) is 22.4 Å². The Morgan fingerprint density at radius 1 is 1.39 bits per heavy atom. The number of aromatic amines is 1. The van der Waals surface area contributed by atoms with Crippen LogP contribution in [0.25, 0.3) is 0 Å². The van der Waals surface area contributed by atoms with Gasteiger partial charge in [-0.1, -0.05) is 6.07 Å². The molecule has 2 aromatic rings. The van der Waals surface area contributed by atoms with Crippen molar-refractivity contribution in [2.24, 2.45) is 0 Å². The lowest BCUT2D eigenvalue weighted by Crippen LogP contribution is -2.21. The van der Waals surface area contributed by atoms with E-state index in [-0.39, 0.29) is 11.9 Å². The molecule has 0 aliphatic heterocycles. The fraction of sp³-hybridized carbons (Fsp3) is 0.357. The van der Waals surface area contributed by atoms with E-state index in [4.69, 9.17) is 0 Å². The summed E-state index contributed by atoms with van der Waals surface area (Å²) in [5.74, 6) is -0.171. The number of aryl methyl sites for hydroxylation is 1. The lowest BCUT2D eigenvalue weighted by atomic mass is 10.1. The first-order valence-corrected chi connectivity index (χ1v) is 6.14. The molecule has 0 fully saturated rings. The maximum atomic E-state index is 13.0. The molecule has 0 saturated carbocycles. The zero-order valence-electron chi connectivity index (χ0n) is 10.7. The van der Waals surface area contributed by atoms with E-state index in [1.165, 1.54) is 11.6 Å². The van der Waals surface area contributed by atoms with Crippen LogP contribution < -0.4 is 5.32 Å². The molecule has 0 amide bonds. The average molecular weight is 247 g/mol. The van der Waals surface area contributed by atoms with Gasteiger partial charge in [0.05, 0.1) is 5.69 Å². The monoisotopic (exact) mass is 247 g/mol. The van der Waals surface area contributed by atoms with Crippen LogP contribution in [0.4, 0.5) is 4.39 Å². The van der Waals surface area contributed by atoms with Gasteiger partial charge in [-0.05, 0) is 56.1 Å². The van der Waals surface area contributed by atoms with Gasteiger partial charge in [-0.25, -0.2) is 4.39 Å². The van der Waals surface area contributed by atoms with Crippen LogP contribution in [-0.2, 0) is 6.42 Å². The van der Waals surface area contributed by atoms with E-state index in [1.807, 2.05) is 19.1 Å². The van der Waals surface area contributed by atoms with Gasteiger partial charge in [-0.15, -0.1) is 0 Å². The number of nitrogens with zero attached hydrogens (tertiary/aromatic N) is 1. The van der Waals surface area contributed by atoms with E-state index < -0.39 is 0 Å². The molecule has 1 atom stereocenters. The number of nitrogens with one attached hydrogen (secondary N) is 2. The second-order valence-electron chi connectivity index (χ2n) is 4.51. The van der Waals surface area contributed by atoms with Crippen LogP contribution in [0.5, 0.6) is 0 Å². The van der Waals surface area contributed by atoms with Crippen molar-refractivity contribution in [2.45, 2.75) is 26.3 Å². The summed E-state index contributed by atoms with van der Waals surface area (Å²) in [7, 11) is 0. The van der Waals surface area contributed by atoms with E-state index in [1.54, 1.807) is 12.3 Å². The first kappa shape index (κ1) is 12.8. The molecule has 0 radical (unpaired) electrons. The maximum absolute atomic E-state index is 13.0. The zero-order chi connectivity index (χ0) is 13.0. The summed E-state index contributed by atoms with van der Waals surface area (Å²) in [5.41, 5.74) is 3.26. The second-order valence-corrected chi connectivity index (χ2v) is 4.51. The van der Waals surface area contributed by atoms with Crippen LogP contribution in [0.3, 0.4) is 0 Å². The summed E-state index contributed by atoms with van der Waals surface area (Å²) in [6, 6.07) is 7.15. The topological polar surface area (TPSA) is 40.7 Å². The van der Waals surface area contributed by atoms with Crippen LogP contribution >= 0.6 is 0 Å². The van der Waals surface area contributed by atoms with Crippen molar-refractivity contribution >= 4 is 0 Å². The molecule has 1 aromatic carbocycles. The first-order chi connectivity index (χ1) is 8.66. The van der Waals surface area contributed by atoms with Crippen LogP contribution in [0.2, 0.25) is 0 Å². The minimum Gasteiger partial charge on any atom is -0.309 e. The number of rotatable bonds is 5. The Morgan fingerprint density at radius 2 is 2.22 bits per heavy atom. The van der Waals surface area contributed by atoms with Crippen LogP contribution in [0.1, 0.15) is 29.8 Å². The molecule has 0 bridgehead atoms. The third-order valence-corrected chi connectivity index (χ3v) is 3.14. The predicted molar refractivity (Wildman–Crippen MR) is 69.8 cm³/mol. The molecule has 1 heterocycles. The Balaban J connectivity index is 1.85. The molecule has 2 N–H and O–H groups in total. The number of aromatic nitrogens is 2. The first-order valence-electron chi connectivity index (χ1n) is 6.14. The van der Waals surface area contributed by atoms with E-state index in [0.717, 1.165) is 24.2 Å². The number of halogens is 1. The van der Waals surface area contributed by atoms with Gasteiger partial charge in [-0.2, -0.15) is 5.10 Å². The third kappa shape index (κ3) is 3.17. The summed E-state index contributed by atoms with van der Waals surface area (Å²) in [5, 5.41) is 10.3. The highest BCUT2D eigenvalue weighted by atomic mass is 19.1. The molecule has 0 aliphatic rings. The molecule has 1 aromatic heterocycles. The molecule has 4 heteroatoms. The van der Waals surface area contributed by atoms with Gasteiger partial charge in [0.1, 0.15) is 5.82 Å². The fourth-order valence-electron chi connectivity index (χ4n) is 1.98. The van der Waals surface area contributed by atoms with Gasteiger partial charge in [0, 0.05) is 12.2 Å². The van der Waals surface area contributed by atoms with Gasteiger partial charge in [0.25, 0.3) is 0 Å². The molecule has 0 aliphatic carbocycles. The Morgan fingerprint density at radius 3 is 2.89 bits per heavy atom. The van der Waals surface area contributed by atoms with Crippen molar-refractivity contribution in [3.8, 4) is 0 Å².